The van der Waals surface area contributed by atoms with Gasteiger partial charge in [-0.25, -0.2) is 0 Å². The highest BCUT2D eigenvalue weighted by molar-refractivity contribution is 7.99. The molecule has 0 aliphatic heterocycles. The van der Waals surface area contributed by atoms with E-state index in [2.05, 4.69) is 31.1 Å². The van der Waals surface area contributed by atoms with Crippen molar-refractivity contribution in [2.24, 2.45) is 5.92 Å². The first kappa shape index (κ1) is 10.4. The molecule has 1 fully saturated rings. The standard InChI is InChI=1S/C10H21NS/c1-3-12-8-4-5-10(11-2)9-6-7-9/h9-11H,3-8H2,1-2H3. The molecule has 1 unspecified atom stereocenters. The number of hydrogen-bond donors (Lipinski definition) is 1. The van der Waals surface area contributed by atoms with Gasteiger partial charge in [-0.15, -0.1) is 0 Å². The number of nitrogens with one attached hydrogen (secondary N) is 1. The molecule has 1 N–H and O–H groups in total. The summed E-state index contributed by atoms with van der Waals surface area (Å²) >= 11 is 2.06. The molecule has 0 spiro atoms. The molecule has 72 valence electrons. The molecule has 2 heteroatoms. The van der Waals surface area contributed by atoms with Crippen LogP contribution in [0.4, 0.5) is 0 Å². The van der Waals surface area contributed by atoms with Crippen molar-refractivity contribution < 1.29 is 0 Å². The summed E-state index contributed by atoms with van der Waals surface area (Å²) in [7, 11) is 2.11. The lowest BCUT2D eigenvalue weighted by molar-refractivity contribution is 0.467. The second-order valence-corrected chi connectivity index (χ2v) is 4.97. The molecule has 0 bridgehead atoms. The quantitative estimate of drug-likeness (QED) is 0.615. The van der Waals surface area contributed by atoms with Gasteiger partial charge in [0, 0.05) is 6.04 Å². The Kier molecular flexibility index (Phi) is 5.08. The molecule has 0 aromatic heterocycles. The van der Waals surface area contributed by atoms with Crippen molar-refractivity contribution in [2.75, 3.05) is 18.6 Å². The average molecular weight is 187 g/mol. The van der Waals surface area contributed by atoms with Crippen LogP contribution in [-0.4, -0.2) is 24.6 Å². The molecule has 1 aliphatic carbocycles. The van der Waals surface area contributed by atoms with Crippen LogP contribution in [0.1, 0.15) is 32.6 Å². The van der Waals surface area contributed by atoms with Crippen molar-refractivity contribution in [2.45, 2.75) is 38.6 Å². The SMILES string of the molecule is CCSCCCC(NC)C1CC1. The predicted octanol–water partition coefficient (Wildman–Crippen LogP) is 2.52. The minimum Gasteiger partial charge on any atom is -0.317 e. The highest BCUT2D eigenvalue weighted by Crippen LogP contribution is 2.34. The normalized spacial score (nSPS) is 19.5. The van der Waals surface area contributed by atoms with Gasteiger partial charge in [-0.3, -0.25) is 0 Å². The summed E-state index contributed by atoms with van der Waals surface area (Å²) in [6.07, 6.45) is 5.70. The minimum atomic E-state index is 0.822. The van der Waals surface area contributed by atoms with E-state index in [4.69, 9.17) is 0 Å². The zero-order valence-corrected chi connectivity index (χ0v) is 9.12. The molecular weight excluding hydrogens is 166 g/mol. The molecule has 1 atom stereocenters. The second-order valence-electron chi connectivity index (χ2n) is 3.57. The van der Waals surface area contributed by atoms with E-state index < -0.39 is 0 Å². The fourth-order valence-corrected chi connectivity index (χ4v) is 2.32. The topological polar surface area (TPSA) is 12.0 Å². The largest absolute Gasteiger partial charge is 0.317 e. The summed E-state index contributed by atoms with van der Waals surface area (Å²) in [6.45, 7) is 2.24. The van der Waals surface area contributed by atoms with Gasteiger partial charge < -0.3 is 5.32 Å². The van der Waals surface area contributed by atoms with Crippen LogP contribution in [0, 0.1) is 5.92 Å². The third-order valence-corrected chi connectivity index (χ3v) is 3.56. The van der Waals surface area contributed by atoms with Crippen LogP contribution in [0.15, 0.2) is 0 Å². The fourth-order valence-electron chi connectivity index (χ4n) is 1.66. The summed E-state index contributed by atoms with van der Waals surface area (Å²) in [5.74, 6) is 3.64. The van der Waals surface area contributed by atoms with E-state index in [0.29, 0.717) is 0 Å². The number of thioether (sulfide) groups is 1. The highest BCUT2D eigenvalue weighted by atomic mass is 32.2. The second kappa shape index (κ2) is 5.87. The van der Waals surface area contributed by atoms with Crippen LogP contribution in [0.5, 0.6) is 0 Å². The van der Waals surface area contributed by atoms with E-state index in [1.165, 1.54) is 37.2 Å². The van der Waals surface area contributed by atoms with E-state index in [0.717, 1.165) is 12.0 Å². The Morgan fingerprint density at radius 3 is 2.75 bits per heavy atom. The first-order valence-corrected chi connectivity index (χ1v) is 6.29. The molecule has 1 aliphatic rings. The van der Waals surface area contributed by atoms with Crippen molar-refractivity contribution in [1.29, 1.82) is 0 Å². The minimum absolute atomic E-state index is 0.822. The molecule has 0 aromatic carbocycles. The Bertz CT molecular complexity index is 112. The monoisotopic (exact) mass is 187 g/mol. The first-order chi connectivity index (χ1) is 5.88. The van der Waals surface area contributed by atoms with Gasteiger partial charge in [0.1, 0.15) is 0 Å². The summed E-state index contributed by atoms with van der Waals surface area (Å²) < 4.78 is 0. The van der Waals surface area contributed by atoms with E-state index in [1.807, 2.05) is 0 Å². The van der Waals surface area contributed by atoms with Crippen LogP contribution in [0.25, 0.3) is 0 Å². The van der Waals surface area contributed by atoms with Crippen molar-refractivity contribution in [3.05, 3.63) is 0 Å². The lowest BCUT2D eigenvalue weighted by Gasteiger charge is -2.14. The molecule has 0 saturated heterocycles. The lowest BCUT2D eigenvalue weighted by atomic mass is 10.1. The predicted molar refractivity (Wildman–Crippen MR) is 57.8 cm³/mol. The number of rotatable bonds is 7. The van der Waals surface area contributed by atoms with Gasteiger partial charge in [0.2, 0.25) is 0 Å². The Morgan fingerprint density at radius 1 is 1.50 bits per heavy atom. The summed E-state index contributed by atoms with van der Waals surface area (Å²) in [5.41, 5.74) is 0. The van der Waals surface area contributed by atoms with E-state index >= 15 is 0 Å². The summed E-state index contributed by atoms with van der Waals surface area (Å²) in [5, 5.41) is 3.43. The van der Waals surface area contributed by atoms with Gasteiger partial charge >= 0.3 is 0 Å². The van der Waals surface area contributed by atoms with Gasteiger partial charge in [0.25, 0.3) is 0 Å². The third-order valence-electron chi connectivity index (χ3n) is 2.57. The maximum absolute atomic E-state index is 3.43. The Morgan fingerprint density at radius 2 is 2.25 bits per heavy atom. The molecule has 1 rings (SSSR count). The molecule has 1 saturated carbocycles. The number of hydrogen-bond acceptors (Lipinski definition) is 2. The van der Waals surface area contributed by atoms with Crippen molar-refractivity contribution in [1.82, 2.24) is 5.32 Å². The van der Waals surface area contributed by atoms with E-state index in [9.17, 15) is 0 Å². The van der Waals surface area contributed by atoms with Crippen LogP contribution in [0.3, 0.4) is 0 Å². The third kappa shape index (κ3) is 3.81. The average Bonchev–Trinajstić information content (AvgIpc) is 2.88. The Hall–Kier alpha value is 0.310. The first-order valence-electron chi connectivity index (χ1n) is 5.13. The van der Waals surface area contributed by atoms with E-state index in [1.54, 1.807) is 0 Å². The van der Waals surface area contributed by atoms with Gasteiger partial charge in [-0.2, -0.15) is 11.8 Å². The molecule has 0 aromatic rings. The van der Waals surface area contributed by atoms with Crippen molar-refractivity contribution in [3.63, 3.8) is 0 Å². The smallest absolute Gasteiger partial charge is 0.00926 e. The van der Waals surface area contributed by atoms with E-state index in [-0.39, 0.29) is 0 Å². The van der Waals surface area contributed by atoms with Gasteiger partial charge in [0.15, 0.2) is 0 Å². The molecule has 0 heterocycles. The van der Waals surface area contributed by atoms with Crippen LogP contribution in [0.2, 0.25) is 0 Å². The molecule has 1 nitrogen and oxygen atoms in total. The maximum atomic E-state index is 3.43. The lowest BCUT2D eigenvalue weighted by Crippen LogP contribution is -2.27. The highest BCUT2D eigenvalue weighted by Gasteiger charge is 2.29. The molecule has 0 amide bonds. The van der Waals surface area contributed by atoms with Gasteiger partial charge in [-0.05, 0) is 50.2 Å². The summed E-state index contributed by atoms with van der Waals surface area (Å²) in [6, 6.07) is 0.822. The van der Waals surface area contributed by atoms with Crippen LogP contribution >= 0.6 is 11.8 Å². The molecule has 0 radical (unpaired) electrons. The van der Waals surface area contributed by atoms with Gasteiger partial charge in [-0.1, -0.05) is 6.92 Å². The Balaban J connectivity index is 1.95. The fraction of sp³-hybridized carbons (Fsp3) is 1.00. The van der Waals surface area contributed by atoms with Gasteiger partial charge in [0.05, 0.1) is 0 Å². The van der Waals surface area contributed by atoms with Crippen LogP contribution in [-0.2, 0) is 0 Å². The maximum Gasteiger partial charge on any atom is 0.00926 e. The zero-order valence-electron chi connectivity index (χ0n) is 8.31. The van der Waals surface area contributed by atoms with Crippen molar-refractivity contribution in [3.8, 4) is 0 Å². The molecular formula is C10H21NS. The van der Waals surface area contributed by atoms with Crippen LogP contribution < -0.4 is 5.32 Å². The Labute approximate surface area is 80.7 Å². The van der Waals surface area contributed by atoms with Crippen molar-refractivity contribution >= 4 is 11.8 Å². The zero-order chi connectivity index (χ0) is 8.81. The molecule has 12 heavy (non-hydrogen) atoms. The summed E-state index contributed by atoms with van der Waals surface area (Å²) in [4.78, 5) is 0.